The summed E-state index contributed by atoms with van der Waals surface area (Å²) in [5.41, 5.74) is 1.34. The fourth-order valence-electron chi connectivity index (χ4n) is 2.76. The van der Waals surface area contributed by atoms with Gasteiger partial charge in [-0.05, 0) is 12.8 Å². The number of thiazole rings is 1. The van der Waals surface area contributed by atoms with Crippen molar-refractivity contribution in [3.05, 3.63) is 11.1 Å². The number of aromatic nitrogens is 1. The number of hydrogen-bond acceptors (Lipinski definition) is 4. The van der Waals surface area contributed by atoms with Crippen molar-refractivity contribution >= 4 is 16.5 Å². The van der Waals surface area contributed by atoms with Gasteiger partial charge in [0.1, 0.15) is 0 Å². The van der Waals surface area contributed by atoms with Crippen LogP contribution in [0.25, 0.3) is 0 Å². The predicted molar refractivity (Wildman–Crippen MR) is 71.0 cm³/mol. The van der Waals surface area contributed by atoms with Crippen LogP contribution in [0.15, 0.2) is 5.38 Å². The molecule has 0 spiro atoms. The fraction of sp³-hybridized carbons (Fsp3) is 0.769. The third-order valence-electron chi connectivity index (χ3n) is 3.81. The van der Waals surface area contributed by atoms with Gasteiger partial charge in [-0.2, -0.15) is 0 Å². The summed E-state index contributed by atoms with van der Waals surface area (Å²) in [5.74, 6) is 0.731. The largest absolute Gasteiger partial charge is 0.378 e. The zero-order valence-corrected chi connectivity index (χ0v) is 11.0. The zero-order valence-electron chi connectivity index (χ0n) is 10.2. The molecule has 4 heteroatoms. The smallest absolute Gasteiger partial charge is 0.185 e. The highest BCUT2D eigenvalue weighted by atomic mass is 32.1. The summed E-state index contributed by atoms with van der Waals surface area (Å²) in [4.78, 5) is 7.21. The number of hydrogen-bond donors (Lipinski definition) is 0. The first-order valence-electron chi connectivity index (χ1n) is 6.71. The number of morpholine rings is 1. The molecule has 0 unspecified atom stereocenters. The van der Waals surface area contributed by atoms with E-state index in [4.69, 9.17) is 9.72 Å². The molecule has 2 fully saturated rings. The Kier molecular flexibility index (Phi) is 3.62. The molecule has 1 aliphatic heterocycles. The second-order valence-electron chi connectivity index (χ2n) is 4.99. The van der Waals surface area contributed by atoms with Gasteiger partial charge in [0, 0.05) is 24.4 Å². The van der Waals surface area contributed by atoms with Crippen LogP contribution in [0.5, 0.6) is 0 Å². The summed E-state index contributed by atoms with van der Waals surface area (Å²) in [5, 5.41) is 3.48. The van der Waals surface area contributed by atoms with Gasteiger partial charge < -0.3 is 9.64 Å². The second kappa shape index (κ2) is 5.36. The zero-order chi connectivity index (χ0) is 11.5. The van der Waals surface area contributed by atoms with Crippen molar-refractivity contribution in [2.24, 2.45) is 0 Å². The maximum atomic E-state index is 5.38. The average Bonchev–Trinajstić information content (AvgIpc) is 2.90. The summed E-state index contributed by atoms with van der Waals surface area (Å²) in [7, 11) is 0. The maximum Gasteiger partial charge on any atom is 0.185 e. The molecule has 0 amide bonds. The molecule has 0 aromatic carbocycles. The van der Waals surface area contributed by atoms with Crippen LogP contribution in [0.3, 0.4) is 0 Å². The average molecular weight is 252 g/mol. The molecular formula is C13H20N2OS. The topological polar surface area (TPSA) is 25.4 Å². The first-order valence-corrected chi connectivity index (χ1v) is 7.59. The van der Waals surface area contributed by atoms with Crippen molar-refractivity contribution in [3.8, 4) is 0 Å². The van der Waals surface area contributed by atoms with Crippen molar-refractivity contribution < 1.29 is 4.74 Å². The van der Waals surface area contributed by atoms with E-state index < -0.39 is 0 Å². The minimum Gasteiger partial charge on any atom is -0.378 e. The number of anilines is 1. The second-order valence-corrected chi connectivity index (χ2v) is 5.83. The quantitative estimate of drug-likeness (QED) is 0.809. The SMILES string of the molecule is c1sc(N2CCOCC2)nc1C1CCCCC1. The number of ether oxygens (including phenoxy) is 1. The summed E-state index contributed by atoms with van der Waals surface area (Å²) in [6.07, 6.45) is 6.86. The summed E-state index contributed by atoms with van der Waals surface area (Å²) in [6.45, 7) is 3.69. The standard InChI is InChI=1S/C13H20N2OS/c1-2-4-11(5-3-1)12-10-17-13(14-12)15-6-8-16-9-7-15/h10-11H,1-9H2. The van der Waals surface area contributed by atoms with Crippen LogP contribution in [0.4, 0.5) is 5.13 Å². The van der Waals surface area contributed by atoms with Crippen LogP contribution in [0, 0.1) is 0 Å². The molecule has 1 saturated carbocycles. The van der Waals surface area contributed by atoms with Gasteiger partial charge in [-0.25, -0.2) is 4.98 Å². The molecule has 3 nitrogen and oxygen atoms in total. The van der Waals surface area contributed by atoms with Crippen LogP contribution in [-0.2, 0) is 4.74 Å². The van der Waals surface area contributed by atoms with Gasteiger partial charge in [-0.15, -0.1) is 11.3 Å². The third-order valence-corrected chi connectivity index (χ3v) is 4.73. The van der Waals surface area contributed by atoms with E-state index in [-0.39, 0.29) is 0 Å². The van der Waals surface area contributed by atoms with Crippen molar-refractivity contribution in [1.29, 1.82) is 0 Å². The van der Waals surface area contributed by atoms with Crippen LogP contribution in [-0.4, -0.2) is 31.3 Å². The molecule has 94 valence electrons. The normalized spacial score (nSPS) is 22.9. The Balaban J connectivity index is 1.68. The molecule has 1 aliphatic carbocycles. The molecule has 2 heterocycles. The molecule has 0 radical (unpaired) electrons. The van der Waals surface area contributed by atoms with E-state index in [0.717, 1.165) is 32.2 Å². The Labute approximate surface area is 107 Å². The molecule has 0 atom stereocenters. The molecule has 3 rings (SSSR count). The van der Waals surface area contributed by atoms with Crippen LogP contribution in [0.1, 0.15) is 43.7 Å². The summed E-state index contributed by atoms with van der Waals surface area (Å²) in [6, 6.07) is 0. The molecule has 0 bridgehead atoms. The number of rotatable bonds is 2. The van der Waals surface area contributed by atoms with Gasteiger partial charge in [0.25, 0.3) is 0 Å². The molecular weight excluding hydrogens is 232 g/mol. The Morgan fingerprint density at radius 3 is 2.71 bits per heavy atom. The third kappa shape index (κ3) is 2.63. The van der Waals surface area contributed by atoms with Crippen LogP contribution >= 0.6 is 11.3 Å². The van der Waals surface area contributed by atoms with E-state index in [9.17, 15) is 0 Å². The lowest BCUT2D eigenvalue weighted by atomic mass is 9.87. The van der Waals surface area contributed by atoms with E-state index >= 15 is 0 Å². The highest BCUT2D eigenvalue weighted by Gasteiger charge is 2.20. The lowest BCUT2D eigenvalue weighted by molar-refractivity contribution is 0.122. The Bertz CT molecular complexity index is 322. The van der Waals surface area contributed by atoms with E-state index in [0.29, 0.717) is 0 Å². The Hall–Kier alpha value is -0.610. The van der Waals surface area contributed by atoms with Gasteiger partial charge in [-0.1, -0.05) is 19.3 Å². The van der Waals surface area contributed by atoms with E-state index in [1.54, 1.807) is 0 Å². The van der Waals surface area contributed by atoms with Crippen molar-refractivity contribution in [3.63, 3.8) is 0 Å². The molecule has 1 saturated heterocycles. The molecule has 0 N–H and O–H groups in total. The molecule has 1 aromatic heterocycles. The Morgan fingerprint density at radius 2 is 1.94 bits per heavy atom. The first-order chi connectivity index (χ1) is 8.43. The van der Waals surface area contributed by atoms with Gasteiger partial charge in [-0.3, -0.25) is 0 Å². The van der Waals surface area contributed by atoms with Gasteiger partial charge in [0.15, 0.2) is 5.13 Å². The molecule has 17 heavy (non-hydrogen) atoms. The lowest BCUT2D eigenvalue weighted by Gasteiger charge is -2.26. The minimum absolute atomic E-state index is 0.731. The van der Waals surface area contributed by atoms with Crippen LogP contribution < -0.4 is 4.90 Å². The molecule has 1 aromatic rings. The monoisotopic (exact) mass is 252 g/mol. The van der Waals surface area contributed by atoms with E-state index in [1.165, 1.54) is 42.9 Å². The molecule has 2 aliphatic rings. The van der Waals surface area contributed by atoms with Gasteiger partial charge in [0.05, 0.1) is 18.9 Å². The highest BCUT2D eigenvalue weighted by molar-refractivity contribution is 7.13. The van der Waals surface area contributed by atoms with Gasteiger partial charge >= 0.3 is 0 Å². The number of nitrogens with zero attached hydrogens (tertiary/aromatic N) is 2. The van der Waals surface area contributed by atoms with Crippen molar-refractivity contribution in [2.75, 3.05) is 31.2 Å². The summed E-state index contributed by atoms with van der Waals surface area (Å²) >= 11 is 1.81. The maximum absolute atomic E-state index is 5.38. The van der Waals surface area contributed by atoms with Gasteiger partial charge in [0.2, 0.25) is 0 Å². The minimum atomic E-state index is 0.731. The van der Waals surface area contributed by atoms with Crippen LogP contribution in [0.2, 0.25) is 0 Å². The predicted octanol–water partition coefficient (Wildman–Crippen LogP) is 3.03. The lowest BCUT2D eigenvalue weighted by Crippen LogP contribution is -2.36. The Morgan fingerprint density at radius 1 is 1.18 bits per heavy atom. The first kappa shape index (κ1) is 11.5. The highest BCUT2D eigenvalue weighted by Crippen LogP contribution is 2.34. The fourth-order valence-corrected chi connectivity index (χ4v) is 3.72. The van der Waals surface area contributed by atoms with E-state index in [1.807, 2.05) is 11.3 Å². The van der Waals surface area contributed by atoms with Crippen molar-refractivity contribution in [2.45, 2.75) is 38.0 Å². The van der Waals surface area contributed by atoms with E-state index in [2.05, 4.69) is 10.3 Å². The van der Waals surface area contributed by atoms with Crippen molar-refractivity contribution in [1.82, 2.24) is 4.98 Å². The summed E-state index contributed by atoms with van der Waals surface area (Å²) < 4.78 is 5.38.